The van der Waals surface area contributed by atoms with E-state index in [1.54, 1.807) is 24.3 Å². The normalized spacial score (nSPS) is 22.2. The molecule has 146 valence electrons. The number of nitrogens with one attached hydrogen (secondary N) is 1. The maximum atomic E-state index is 12.4. The van der Waals surface area contributed by atoms with E-state index in [2.05, 4.69) is 5.32 Å². The van der Waals surface area contributed by atoms with Gasteiger partial charge in [-0.05, 0) is 31.9 Å². The summed E-state index contributed by atoms with van der Waals surface area (Å²) < 4.78 is 5.09. The summed E-state index contributed by atoms with van der Waals surface area (Å²) in [5, 5.41) is 11.6. The second-order valence-electron chi connectivity index (χ2n) is 7.04. The van der Waals surface area contributed by atoms with Gasteiger partial charge in [-0.3, -0.25) is 24.1 Å². The molecule has 28 heavy (non-hydrogen) atoms. The zero-order valence-corrected chi connectivity index (χ0v) is 15.5. The second kappa shape index (κ2) is 8.21. The van der Waals surface area contributed by atoms with Crippen LogP contribution in [0.4, 0.5) is 5.69 Å². The number of ether oxygens (including phenoxy) is 1. The molecular weight excluding hydrogens is 362 g/mol. The number of amides is 3. The van der Waals surface area contributed by atoms with E-state index in [-0.39, 0.29) is 29.2 Å². The Morgan fingerprint density at radius 3 is 2.43 bits per heavy atom. The average molecular weight is 383 g/mol. The van der Waals surface area contributed by atoms with Crippen molar-refractivity contribution in [3.8, 4) is 6.07 Å². The third-order valence-corrected chi connectivity index (χ3v) is 5.20. The molecule has 1 saturated carbocycles. The number of rotatable bonds is 5. The lowest BCUT2D eigenvalue weighted by molar-refractivity contribution is -0.158. The van der Waals surface area contributed by atoms with Crippen molar-refractivity contribution in [3.05, 3.63) is 29.8 Å². The summed E-state index contributed by atoms with van der Waals surface area (Å²) in [5.41, 5.74) is 0.595. The topological polar surface area (TPSA) is 117 Å². The van der Waals surface area contributed by atoms with Crippen LogP contribution in [0.3, 0.4) is 0 Å². The first-order valence-electron chi connectivity index (χ1n) is 9.27. The Morgan fingerprint density at radius 1 is 1.21 bits per heavy atom. The quantitative estimate of drug-likeness (QED) is 0.610. The monoisotopic (exact) mass is 383 g/mol. The number of para-hydroxylation sites is 1. The lowest BCUT2D eigenvalue weighted by Crippen LogP contribution is -2.39. The highest BCUT2D eigenvalue weighted by Crippen LogP contribution is 2.37. The molecule has 0 spiro atoms. The largest absolute Gasteiger partial charge is 0.451 e. The van der Waals surface area contributed by atoms with Gasteiger partial charge in [-0.2, -0.15) is 5.26 Å². The average Bonchev–Trinajstić information content (AvgIpc) is 2.93. The van der Waals surface area contributed by atoms with Crippen molar-refractivity contribution < 1.29 is 23.9 Å². The first-order valence-corrected chi connectivity index (χ1v) is 9.27. The molecule has 0 bridgehead atoms. The van der Waals surface area contributed by atoms with Gasteiger partial charge in [0.05, 0.1) is 23.1 Å². The number of carbonyl (C=O) groups is 4. The highest BCUT2D eigenvalue weighted by atomic mass is 16.5. The Hall–Kier alpha value is -3.21. The number of anilines is 1. The van der Waals surface area contributed by atoms with Crippen LogP contribution in [-0.2, 0) is 23.9 Å². The molecule has 1 saturated heterocycles. The van der Waals surface area contributed by atoms with Crippen LogP contribution in [0, 0.1) is 23.2 Å². The van der Waals surface area contributed by atoms with Crippen molar-refractivity contribution in [1.29, 1.82) is 5.26 Å². The minimum Gasteiger partial charge on any atom is -0.451 e. The molecule has 1 aliphatic carbocycles. The van der Waals surface area contributed by atoms with E-state index in [4.69, 9.17) is 10.00 Å². The molecule has 1 aliphatic heterocycles. The molecule has 1 N–H and O–H groups in total. The number of nitrogens with zero attached hydrogens (tertiary/aromatic N) is 2. The van der Waals surface area contributed by atoms with E-state index in [0.29, 0.717) is 18.5 Å². The Labute approximate surface area is 162 Å². The van der Waals surface area contributed by atoms with Crippen molar-refractivity contribution in [2.45, 2.75) is 38.7 Å². The number of fused-ring (bicyclic) bond motifs is 1. The lowest BCUT2D eigenvalue weighted by atomic mass is 9.81. The van der Waals surface area contributed by atoms with Crippen molar-refractivity contribution in [3.63, 3.8) is 0 Å². The molecule has 0 aromatic heterocycles. The Kier molecular flexibility index (Phi) is 5.73. The number of nitriles is 1. The Bertz CT molecular complexity index is 836. The van der Waals surface area contributed by atoms with E-state index in [0.717, 1.165) is 17.7 Å². The van der Waals surface area contributed by atoms with Crippen LogP contribution in [0.5, 0.6) is 0 Å². The van der Waals surface area contributed by atoms with Gasteiger partial charge in [0.25, 0.3) is 5.91 Å². The van der Waals surface area contributed by atoms with Crippen LogP contribution in [0.1, 0.15) is 38.2 Å². The van der Waals surface area contributed by atoms with E-state index in [1.165, 1.54) is 6.92 Å². The third-order valence-electron chi connectivity index (χ3n) is 5.20. The molecule has 3 atom stereocenters. The summed E-state index contributed by atoms with van der Waals surface area (Å²) in [7, 11) is 0. The smallest absolute Gasteiger partial charge is 0.326 e. The summed E-state index contributed by atoms with van der Waals surface area (Å²) in [6.45, 7) is 0.896. The Morgan fingerprint density at radius 2 is 1.82 bits per heavy atom. The minimum absolute atomic E-state index is 0.283. The van der Waals surface area contributed by atoms with Gasteiger partial charge in [0.2, 0.25) is 11.8 Å². The molecule has 2 aliphatic rings. The molecule has 3 rings (SSSR count). The van der Waals surface area contributed by atoms with E-state index >= 15 is 0 Å². The molecule has 1 aromatic rings. The Balaban J connectivity index is 1.57. The number of likely N-dealkylation sites (tertiary alicyclic amines) is 1. The van der Waals surface area contributed by atoms with Crippen molar-refractivity contribution in [1.82, 2.24) is 4.90 Å². The maximum Gasteiger partial charge on any atom is 0.326 e. The van der Waals surface area contributed by atoms with Gasteiger partial charge >= 0.3 is 5.97 Å². The lowest BCUT2D eigenvalue weighted by Gasteiger charge is -2.19. The highest BCUT2D eigenvalue weighted by Gasteiger charge is 2.48. The van der Waals surface area contributed by atoms with Gasteiger partial charge in [0, 0.05) is 0 Å². The minimum atomic E-state index is -1.14. The van der Waals surface area contributed by atoms with Crippen LogP contribution in [0.25, 0.3) is 0 Å². The number of carbonyl (C=O) groups excluding carboxylic acids is 4. The van der Waals surface area contributed by atoms with Gasteiger partial charge in [0.1, 0.15) is 12.6 Å². The molecule has 3 unspecified atom stereocenters. The van der Waals surface area contributed by atoms with E-state index in [1.807, 2.05) is 6.07 Å². The SMILES string of the molecule is CC(OC(=O)CN1C(=O)C2CCCCC2C1=O)C(=O)Nc1ccccc1C#N. The number of hydrogen-bond acceptors (Lipinski definition) is 6. The predicted octanol–water partition coefficient (Wildman–Crippen LogP) is 1.60. The molecule has 3 amide bonds. The van der Waals surface area contributed by atoms with Crippen LogP contribution in [-0.4, -0.2) is 41.2 Å². The van der Waals surface area contributed by atoms with Crippen LogP contribution in [0.15, 0.2) is 24.3 Å². The molecule has 8 nitrogen and oxygen atoms in total. The van der Waals surface area contributed by atoms with E-state index in [9.17, 15) is 19.2 Å². The summed E-state index contributed by atoms with van der Waals surface area (Å²) in [6.07, 6.45) is 1.99. The van der Waals surface area contributed by atoms with Gasteiger partial charge in [0.15, 0.2) is 6.10 Å². The van der Waals surface area contributed by atoms with Gasteiger partial charge in [-0.15, -0.1) is 0 Å². The summed E-state index contributed by atoms with van der Waals surface area (Å²) in [4.78, 5) is 50.2. The zero-order valence-electron chi connectivity index (χ0n) is 15.5. The fourth-order valence-corrected chi connectivity index (χ4v) is 3.73. The molecule has 2 fully saturated rings. The number of benzene rings is 1. The van der Waals surface area contributed by atoms with Crippen LogP contribution < -0.4 is 5.32 Å². The van der Waals surface area contributed by atoms with Crippen molar-refractivity contribution >= 4 is 29.4 Å². The first kappa shape index (κ1) is 19.5. The zero-order chi connectivity index (χ0) is 20.3. The van der Waals surface area contributed by atoms with Crippen LogP contribution >= 0.6 is 0 Å². The first-order chi connectivity index (χ1) is 13.4. The third kappa shape index (κ3) is 3.88. The molecule has 8 heteroatoms. The van der Waals surface area contributed by atoms with Gasteiger partial charge in [-0.25, -0.2) is 0 Å². The summed E-state index contributed by atoms with van der Waals surface area (Å²) >= 11 is 0. The molecular formula is C20H21N3O5. The fourth-order valence-electron chi connectivity index (χ4n) is 3.73. The van der Waals surface area contributed by atoms with Crippen molar-refractivity contribution in [2.24, 2.45) is 11.8 Å². The molecule has 1 heterocycles. The van der Waals surface area contributed by atoms with Crippen LogP contribution in [0.2, 0.25) is 0 Å². The molecule has 0 radical (unpaired) electrons. The predicted molar refractivity (Wildman–Crippen MR) is 97.5 cm³/mol. The molecule has 1 aromatic carbocycles. The van der Waals surface area contributed by atoms with Gasteiger partial charge in [-0.1, -0.05) is 25.0 Å². The summed E-state index contributed by atoms with van der Waals surface area (Å²) in [5.74, 6) is -2.76. The van der Waals surface area contributed by atoms with Crippen molar-refractivity contribution in [2.75, 3.05) is 11.9 Å². The fraction of sp³-hybridized carbons (Fsp3) is 0.450. The summed E-state index contributed by atoms with van der Waals surface area (Å²) in [6, 6.07) is 8.40. The van der Waals surface area contributed by atoms with Gasteiger partial charge < -0.3 is 10.1 Å². The number of esters is 1. The highest BCUT2D eigenvalue weighted by molar-refractivity contribution is 6.07. The second-order valence-corrected chi connectivity index (χ2v) is 7.04. The maximum absolute atomic E-state index is 12.4. The number of imide groups is 1. The standard InChI is InChI=1S/C20H21N3O5/c1-12(18(25)22-16-9-5-2-6-13(16)10-21)28-17(24)11-23-19(26)14-7-3-4-8-15(14)20(23)27/h2,5-6,9,12,14-15H,3-4,7-8,11H2,1H3,(H,22,25). The van der Waals surface area contributed by atoms with E-state index < -0.39 is 24.5 Å². The number of hydrogen-bond donors (Lipinski definition) is 1.